The van der Waals surface area contributed by atoms with Gasteiger partial charge in [-0.2, -0.15) is 0 Å². The van der Waals surface area contributed by atoms with Gasteiger partial charge in [-0.3, -0.25) is 0 Å². The summed E-state index contributed by atoms with van der Waals surface area (Å²) in [6.07, 6.45) is 3.12. The third-order valence-electron chi connectivity index (χ3n) is 3.91. The summed E-state index contributed by atoms with van der Waals surface area (Å²) >= 11 is 0. The molecule has 1 saturated carbocycles. The monoisotopic (exact) mass is 271 g/mol. The lowest BCUT2D eigenvalue weighted by Crippen LogP contribution is -2.54. The van der Waals surface area contributed by atoms with Crippen LogP contribution in [-0.2, 0) is 9.84 Å². The van der Waals surface area contributed by atoms with E-state index in [0.29, 0.717) is 6.42 Å². The average Bonchev–Trinajstić information content (AvgIpc) is 2.33. The van der Waals surface area contributed by atoms with Crippen LogP contribution in [0.4, 0.5) is 4.39 Å². The van der Waals surface area contributed by atoms with Crippen molar-refractivity contribution >= 4 is 9.84 Å². The molecule has 3 nitrogen and oxygen atoms in total. The number of hydrogen-bond acceptors (Lipinski definition) is 3. The van der Waals surface area contributed by atoms with E-state index in [9.17, 15) is 12.8 Å². The molecule has 18 heavy (non-hydrogen) atoms. The van der Waals surface area contributed by atoms with Gasteiger partial charge >= 0.3 is 0 Å². The van der Waals surface area contributed by atoms with Gasteiger partial charge in [0.25, 0.3) is 0 Å². The Balaban J connectivity index is 2.44. The molecule has 2 unspecified atom stereocenters. The fourth-order valence-corrected chi connectivity index (χ4v) is 4.57. The number of sulfone groups is 1. The highest BCUT2D eigenvalue weighted by Gasteiger charge is 2.46. The van der Waals surface area contributed by atoms with Crippen molar-refractivity contribution in [2.24, 2.45) is 11.7 Å². The summed E-state index contributed by atoms with van der Waals surface area (Å²) in [6.45, 7) is 1.88. The zero-order valence-corrected chi connectivity index (χ0v) is 11.2. The first kappa shape index (κ1) is 13.5. The number of hydrogen-bond donors (Lipinski definition) is 1. The number of rotatable bonds is 2. The smallest absolute Gasteiger partial charge is 0.197 e. The van der Waals surface area contributed by atoms with Crippen LogP contribution in [0, 0.1) is 11.7 Å². The van der Waals surface area contributed by atoms with E-state index in [0.717, 1.165) is 31.4 Å². The second-order valence-electron chi connectivity index (χ2n) is 5.06. The molecule has 0 bridgehead atoms. The van der Waals surface area contributed by atoms with Crippen molar-refractivity contribution in [1.29, 1.82) is 0 Å². The molecule has 5 heteroatoms. The molecule has 1 fully saturated rings. The number of nitrogens with two attached hydrogens (primary N) is 1. The molecule has 0 amide bonds. The predicted molar refractivity (Wildman–Crippen MR) is 68.1 cm³/mol. The minimum Gasteiger partial charge on any atom is -0.312 e. The molecule has 1 aromatic carbocycles. The van der Waals surface area contributed by atoms with E-state index < -0.39 is 20.5 Å². The van der Waals surface area contributed by atoms with Gasteiger partial charge in [0.15, 0.2) is 9.84 Å². The molecular weight excluding hydrogens is 253 g/mol. The van der Waals surface area contributed by atoms with Crippen LogP contribution in [0.15, 0.2) is 29.2 Å². The lowest BCUT2D eigenvalue weighted by atomic mass is 9.86. The topological polar surface area (TPSA) is 60.2 Å². The summed E-state index contributed by atoms with van der Waals surface area (Å²) in [6, 6.07) is 4.90. The Kier molecular flexibility index (Phi) is 3.47. The Morgan fingerprint density at radius 2 is 1.89 bits per heavy atom. The third-order valence-corrected chi connectivity index (χ3v) is 6.41. The maximum atomic E-state index is 12.9. The third kappa shape index (κ3) is 2.06. The second kappa shape index (κ2) is 4.63. The van der Waals surface area contributed by atoms with Gasteiger partial charge in [0, 0.05) is 0 Å². The van der Waals surface area contributed by atoms with Gasteiger partial charge in [-0.25, -0.2) is 12.8 Å². The van der Waals surface area contributed by atoms with E-state index in [-0.39, 0.29) is 10.8 Å². The lowest BCUT2D eigenvalue weighted by molar-refractivity contribution is 0.283. The van der Waals surface area contributed by atoms with Gasteiger partial charge < -0.3 is 5.73 Å². The molecule has 2 N–H and O–H groups in total. The predicted octanol–water partition coefficient (Wildman–Crippen LogP) is 2.46. The highest BCUT2D eigenvalue weighted by molar-refractivity contribution is 7.92. The van der Waals surface area contributed by atoms with Crippen molar-refractivity contribution in [2.45, 2.75) is 42.4 Å². The summed E-state index contributed by atoms with van der Waals surface area (Å²) in [5, 5.41) is 0. The Hall–Kier alpha value is -0.940. The molecule has 0 spiro atoms. The fourth-order valence-electron chi connectivity index (χ4n) is 2.57. The molecule has 0 heterocycles. The SMILES string of the molecule is CC1CCCCC1(N)S(=O)(=O)c1ccc(F)cc1. The Labute approximate surface area is 107 Å². The van der Waals surface area contributed by atoms with Crippen LogP contribution in [0.1, 0.15) is 32.6 Å². The molecule has 2 atom stereocenters. The van der Waals surface area contributed by atoms with Crippen LogP contribution in [0.5, 0.6) is 0 Å². The van der Waals surface area contributed by atoms with Crippen LogP contribution < -0.4 is 5.73 Å². The normalized spacial score (nSPS) is 29.2. The lowest BCUT2D eigenvalue weighted by Gasteiger charge is -2.38. The second-order valence-corrected chi connectivity index (χ2v) is 7.30. The van der Waals surface area contributed by atoms with Crippen molar-refractivity contribution in [3.63, 3.8) is 0 Å². The van der Waals surface area contributed by atoms with Crippen molar-refractivity contribution in [1.82, 2.24) is 0 Å². The Morgan fingerprint density at radius 1 is 1.28 bits per heavy atom. The first-order chi connectivity index (χ1) is 8.38. The minimum absolute atomic E-state index is 0.0821. The largest absolute Gasteiger partial charge is 0.312 e. The standard InChI is InChI=1S/C13H18FNO2S/c1-10-4-2-3-9-13(10,15)18(16,17)12-7-5-11(14)6-8-12/h5-8,10H,2-4,9,15H2,1H3. The summed E-state index contributed by atoms with van der Waals surface area (Å²) in [7, 11) is -3.62. The van der Waals surface area contributed by atoms with Gasteiger partial charge in [0.05, 0.1) is 4.90 Å². The number of benzene rings is 1. The zero-order chi connectivity index (χ0) is 13.4. The van der Waals surface area contributed by atoms with Gasteiger partial charge in [-0.1, -0.05) is 19.8 Å². The first-order valence-electron chi connectivity index (χ1n) is 6.17. The fraction of sp³-hybridized carbons (Fsp3) is 0.538. The average molecular weight is 271 g/mol. The van der Waals surface area contributed by atoms with Crippen molar-refractivity contribution < 1.29 is 12.8 Å². The van der Waals surface area contributed by atoms with E-state index in [4.69, 9.17) is 5.73 Å². The van der Waals surface area contributed by atoms with Crippen LogP contribution >= 0.6 is 0 Å². The molecule has 100 valence electrons. The molecule has 1 aromatic rings. The van der Waals surface area contributed by atoms with Gasteiger partial charge in [0.1, 0.15) is 10.7 Å². The summed E-state index contributed by atoms with van der Waals surface area (Å²) in [4.78, 5) is -1.11. The molecule has 0 aromatic heterocycles. The van der Waals surface area contributed by atoms with Crippen LogP contribution in [0.25, 0.3) is 0 Å². The summed E-state index contributed by atoms with van der Waals surface area (Å²) in [5.41, 5.74) is 6.17. The van der Waals surface area contributed by atoms with E-state index in [2.05, 4.69) is 0 Å². The first-order valence-corrected chi connectivity index (χ1v) is 7.65. The molecule has 1 aliphatic carbocycles. The molecule has 2 rings (SSSR count). The van der Waals surface area contributed by atoms with Crippen LogP contribution in [-0.4, -0.2) is 13.3 Å². The highest BCUT2D eigenvalue weighted by atomic mass is 32.2. The Morgan fingerprint density at radius 3 is 2.44 bits per heavy atom. The zero-order valence-electron chi connectivity index (χ0n) is 10.4. The van der Waals surface area contributed by atoms with Gasteiger partial charge in [0.2, 0.25) is 0 Å². The molecule has 0 aliphatic heterocycles. The number of halogens is 1. The molecule has 1 aliphatic rings. The van der Waals surface area contributed by atoms with Gasteiger partial charge in [-0.05, 0) is 43.0 Å². The van der Waals surface area contributed by atoms with Crippen molar-refractivity contribution in [3.05, 3.63) is 30.1 Å². The summed E-state index contributed by atoms with van der Waals surface area (Å²) < 4.78 is 38.0. The quantitative estimate of drug-likeness (QED) is 0.841. The van der Waals surface area contributed by atoms with E-state index in [1.165, 1.54) is 12.1 Å². The minimum atomic E-state index is -3.62. The van der Waals surface area contributed by atoms with Crippen LogP contribution in [0.3, 0.4) is 0 Å². The molecule has 0 saturated heterocycles. The maximum absolute atomic E-state index is 12.9. The maximum Gasteiger partial charge on any atom is 0.197 e. The van der Waals surface area contributed by atoms with E-state index in [1.807, 2.05) is 6.92 Å². The van der Waals surface area contributed by atoms with Crippen molar-refractivity contribution in [3.8, 4) is 0 Å². The molecule has 0 radical (unpaired) electrons. The van der Waals surface area contributed by atoms with E-state index in [1.54, 1.807) is 0 Å². The molecular formula is C13H18FNO2S. The summed E-state index contributed by atoms with van der Waals surface area (Å²) in [5.74, 6) is -0.530. The highest BCUT2D eigenvalue weighted by Crippen LogP contribution is 2.38. The Bertz CT molecular complexity index is 526. The van der Waals surface area contributed by atoms with Crippen molar-refractivity contribution in [2.75, 3.05) is 0 Å². The van der Waals surface area contributed by atoms with Crippen LogP contribution in [0.2, 0.25) is 0 Å². The van der Waals surface area contributed by atoms with E-state index >= 15 is 0 Å². The van der Waals surface area contributed by atoms with Gasteiger partial charge in [-0.15, -0.1) is 0 Å².